The van der Waals surface area contributed by atoms with Gasteiger partial charge in [0.05, 0.1) is 7.11 Å². The van der Waals surface area contributed by atoms with Crippen LogP contribution in [0, 0.1) is 0 Å². The number of pyridine rings is 1. The van der Waals surface area contributed by atoms with E-state index in [1.165, 1.54) is 0 Å². The largest absolute Gasteiger partial charge is 0.481 e. The average molecular weight is 260 g/mol. The summed E-state index contributed by atoms with van der Waals surface area (Å²) in [7, 11) is 3.35. The summed E-state index contributed by atoms with van der Waals surface area (Å²) < 4.78 is 6.64. The van der Waals surface area contributed by atoms with E-state index >= 15 is 0 Å². The number of methoxy groups -OCH3 is 1. The Morgan fingerprint density at radius 3 is 2.95 bits per heavy atom. The minimum absolute atomic E-state index is 0.177. The summed E-state index contributed by atoms with van der Waals surface area (Å²) in [6.45, 7) is 0.509. The van der Waals surface area contributed by atoms with Gasteiger partial charge in [0.2, 0.25) is 5.88 Å². The molecule has 0 aliphatic rings. The number of nitrogens with zero attached hydrogens (tertiary/aromatic N) is 3. The van der Waals surface area contributed by atoms with Crippen molar-refractivity contribution in [2.45, 2.75) is 6.42 Å². The van der Waals surface area contributed by atoms with E-state index in [1.807, 2.05) is 12.1 Å². The first-order valence-corrected chi connectivity index (χ1v) is 5.97. The van der Waals surface area contributed by atoms with Crippen LogP contribution < -0.4 is 10.1 Å². The Morgan fingerprint density at radius 1 is 1.42 bits per heavy atom. The molecule has 6 nitrogen and oxygen atoms in total. The Balaban J connectivity index is 1.84. The third-order valence-electron chi connectivity index (χ3n) is 2.60. The molecular formula is C13H16N4O2. The molecule has 0 saturated heterocycles. The van der Waals surface area contributed by atoms with Crippen molar-refractivity contribution in [3.05, 3.63) is 41.9 Å². The number of nitrogens with one attached hydrogen (secondary N) is 1. The molecule has 0 radical (unpaired) electrons. The van der Waals surface area contributed by atoms with E-state index < -0.39 is 0 Å². The summed E-state index contributed by atoms with van der Waals surface area (Å²) in [4.78, 5) is 16.0. The van der Waals surface area contributed by atoms with Crippen molar-refractivity contribution in [3.63, 3.8) is 0 Å². The third-order valence-corrected chi connectivity index (χ3v) is 2.60. The fourth-order valence-corrected chi connectivity index (χ4v) is 1.64. The van der Waals surface area contributed by atoms with Crippen LogP contribution >= 0.6 is 0 Å². The first-order valence-electron chi connectivity index (χ1n) is 5.97. The number of aromatic nitrogens is 3. The summed E-state index contributed by atoms with van der Waals surface area (Å²) in [5.74, 6) is 0.400. The highest BCUT2D eigenvalue weighted by Crippen LogP contribution is 2.06. The number of hydrogen-bond acceptors (Lipinski definition) is 4. The Hall–Kier alpha value is -2.37. The number of ether oxygens (including phenoxy) is 1. The van der Waals surface area contributed by atoms with Crippen LogP contribution in [-0.2, 0) is 13.5 Å². The highest BCUT2D eigenvalue weighted by Gasteiger charge is 2.07. The van der Waals surface area contributed by atoms with Gasteiger partial charge in [-0.3, -0.25) is 9.48 Å². The van der Waals surface area contributed by atoms with Gasteiger partial charge in [-0.05, 0) is 12.1 Å². The molecule has 0 aromatic carbocycles. The van der Waals surface area contributed by atoms with Gasteiger partial charge in [0, 0.05) is 38.0 Å². The molecule has 0 unspecified atom stereocenters. The van der Waals surface area contributed by atoms with E-state index in [1.54, 1.807) is 37.2 Å². The molecule has 1 amide bonds. The summed E-state index contributed by atoms with van der Waals surface area (Å²) in [5.41, 5.74) is 1.29. The monoisotopic (exact) mass is 260 g/mol. The number of hydrogen-bond donors (Lipinski definition) is 1. The molecule has 1 N–H and O–H groups in total. The second kappa shape index (κ2) is 5.99. The average Bonchev–Trinajstić information content (AvgIpc) is 2.86. The molecule has 6 heteroatoms. The minimum atomic E-state index is -0.177. The number of carbonyl (C=O) groups is 1. The SMILES string of the molecule is COc1cccc(CCNC(=O)c2ccn(C)n2)n1. The van der Waals surface area contributed by atoms with E-state index in [-0.39, 0.29) is 5.91 Å². The highest BCUT2D eigenvalue weighted by molar-refractivity contribution is 5.92. The number of rotatable bonds is 5. The molecule has 0 aliphatic heterocycles. The Morgan fingerprint density at radius 2 is 2.26 bits per heavy atom. The Kier molecular flexibility index (Phi) is 4.12. The second-order valence-electron chi connectivity index (χ2n) is 4.05. The first-order chi connectivity index (χ1) is 9.19. The van der Waals surface area contributed by atoms with Crippen LogP contribution in [0.25, 0.3) is 0 Å². The van der Waals surface area contributed by atoms with Gasteiger partial charge < -0.3 is 10.1 Å². The summed E-state index contributed by atoms with van der Waals surface area (Å²) in [6.07, 6.45) is 2.38. The maximum Gasteiger partial charge on any atom is 0.271 e. The van der Waals surface area contributed by atoms with Crippen molar-refractivity contribution in [3.8, 4) is 5.88 Å². The molecule has 0 spiro atoms. The van der Waals surface area contributed by atoms with Gasteiger partial charge in [0.25, 0.3) is 5.91 Å². The van der Waals surface area contributed by atoms with Crippen LogP contribution in [-0.4, -0.2) is 34.3 Å². The zero-order chi connectivity index (χ0) is 13.7. The quantitative estimate of drug-likeness (QED) is 0.863. The number of carbonyl (C=O) groups excluding carboxylic acids is 1. The molecule has 0 fully saturated rings. The maximum atomic E-state index is 11.7. The zero-order valence-electron chi connectivity index (χ0n) is 11.0. The summed E-state index contributed by atoms with van der Waals surface area (Å²) in [6, 6.07) is 7.24. The van der Waals surface area contributed by atoms with Crippen LogP contribution in [0.1, 0.15) is 16.2 Å². The molecule has 2 aromatic rings. The van der Waals surface area contributed by atoms with Gasteiger partial charge in [-0.1, -0.05) is 6.07 Å². The third kappa shape index (κ3) is 3.54. The lowest BCUT2D eigenvalue weighted by atomic mass is 10.2. The van der Waals surface area contributed by atoms with Crippen LogP contribution in [0.5, 0.6) is 5.88 Å². The van der Waals surface area contributed by atoms with Crippen LogP contribution in [0.15, 0.2) is 30.5 Å². The van der Waals surface area contributed by atoms with E-state index in [0.29, 0.717) is 24.5 Å². The van der Waals surface area contributed by atoms with Crippen molar-refractivity contribution in [2.24, 2.45) is 7.05 Å². The molecule has 100 valence electrons. The van der Waals surface area contributed by atoms with Crippen molar-refractivity contribution >= 4 is 5.91 Å². The molecule has 2 rings (SSSR count). The molecule has 19 heavy (non-hydrogen) atoms. The van der Waals surface area contributed by atoms with E-state index in [0.717, 1.165) is 5.69 Å². The van der Waals surface area contributed by atoms with Crippen molar-refractivity contribution in [1.29, 1.82) is 0 Å². The van der Waals surface area contributed by atoms with Gasteiger partial charge in [-0.15, -0.1) is 0 Å². The highest BCUT2D eigenvalue weighted by atomic mass is 16.5. The van der Waals surface area contributed by atoms with Gasteiger partial charge >= 0.3 is 0 Å². The first kappa shape index (κ1) is 13.1. The smallest absolute Gasteiger partial charge is 0.271 e. The van der Waals surface area contributed by atoms with Gasteiger partial charge in [0.1, 0.15) is 5.69 Å². The lowest BCUT2D eigenvalue weighted by Gasteiger charge is -2.04. The Bertz CT molecular complexity index is 565. The van der Waals surface area contributed by atoms with Crippen molar-refractivity contribution in [1.82, 2.24) is 20.1 Å². The van der Waals surface area contributed by atoms with Gasteiger partial charge in [-0.2, -0.15) is 5.10 Å². The van der Waals surface area contributed by atoms with Gasteiger partial charge in [-0.25, -0.2) is 4.98 Å². The zero-order valence-corrected chi connectivity index (χ0v) is 11.0. The lowest BCUT2D eigenvalue weighted by Crippen LogP contribution is -2.26. The van der Waals surface area contributed by atoms with E-state index in [4.69, 9.17) is 4.74 Å². The van der Waals surface area contributed by atoms with E-state index in [2.05, 4.69) is 15.4 Å². The van der Waals surface area contributed by atoms with Crippen LogP contribution in [0.3, 0.4) is 0 Å². The van der Waals surface area contributed by atoms with Crippen LogP contribution in [0.2, 0.25) is 0 Å². The predicted molar refractivity (Wildman–Crippen MR) is 70.0 cm³/mol. The molecule has 2 aromatic heterocycles. The molecular weight excluding hydrogens is 244 g/mol. The second-order valence-corrected chi connectivity index (χ2v) is 4.05. The minimum Gasteiger partial charge on any atom is -0.481 e. The fourth-order valence-electron chi connectivity index (χ4n) is 1.64. The van der Waals surface area contributed by atoms with Gasteiger partial charge in [0.15, 0.2) is 0 Å². The number of amides is 1. The number of aryl methyl sites for hydroxylation is 1. The topological polar surface area (TPSA) is 69.0 Å². The maximum absolute atomic E-state index is 11.7. The van der Waals surface area contributed by atoms with Crippen LogP contribution in [0.4, 0.5) is 0 Å². The summed E-state index contributed by atoms with van der Waals surface area (Å²) >= 11 is 0. The molecule has 0 atom stereocenters. The van der Waals surface area contributed by atoms with Crippen molar-refractivity contribution in [2.75, 3.05) is 13.7 Å². The molecule has 0 bridgehead atoms. The normalized spacial score (nSPS) is 10.2. The summed E-state index contributed by atoms with van der Waals surface area (Å²) in [5, 5.41) is 6.84. The van der Waals surface area contributed by atoms with Crippen molar-refractivity contribution < 1.29 is 9.53 Å². The standard InChI is InChI=1S/C13H16N4O2/c1-17-9-7-11(16-17)13(18)14-8-6-10-4-3-5-12(15-10)19-2/h3-5,7,9H,6,8H2,1-2H3,(H,14,18). The Labute approximate surface area is 111 Å². The predicted octanol–water partition coefficient (Wildman–Crippen LogP) is 0.796. The fraction of sp³-hybridized carbons (Fsp3) is 0.308. The molecule has 0 saturated carbocycles. The molecule has 2 heterocycles. The molecule has 0 aliphatic carbocycles. The lowest BCUT2D eigenvalue weighted by molar-refractivity contribution is 0.0948. The van der Waals surface area contributed by atoms with E-state index in [9.17, 15) is 4.79 Å².